The van der Waals surface area contributed by atoms with Crippen molar-refractivity contribution in [2.45, 2.75) is 25.7 Å². The van der Waals surface area contributed by atoms with Crippen molar-refractivity contribution < 1.29 is 14.3 Å². The summed E-state index contributed by atoms with van der Waals surface area (Å²) >= 11 is 0. The third-order valence-electron chi connectivity index (χ3n) is 7.59. The minimum Gasteiger partial charge on any atom is -0.457 e. The first kappa shape index (κ1) is 19.3. The van der Waals surface area contributed by atoms with E-state index in [1.165, 1.54) is 16.0 Å². The van der Waals surface area contributed by atoms with Crippen LogP contribution in [0.5, 0.6) is 11.5 Å². The van der Waals surface area contributed by atoms with E-state index in [4.69, 9.17) is 4.74 Å². The van der Waals surface area contributed by atoms with Gasteiger partial charge in [-0.15, -0.1) is 0 Å². The molecule has 6 rings (SSSR count). The second-order valence-electron chi connectivity index (χ2n) is 9.38. The van der Waals surface area contributed by atoms with Gasteiger partial charge in [0.2, 0.25) is 11.8 Å². The van der Waals surface area contributed by atoms with Crippen LogP contribution in [-0.2, 0) is 9.59 Å². The summed E-state index contributed by atoms with van der Waals surface area (Å²) < 4.78 is 5.90. The van der Waals surface area contributed by atoms with E-state index in [0.717, 1.165) is 18.6 Å². The Kier molecular flexibility index (Phi) is 4.42. The zero-order valence-electron chi connectivity index (χ0n) is 18.0. The van der Waals surface area contributed by atoms with Crippen LogP contribution in [0.3, 0.4) is 0 Å². The summed E-state index contributed by atoms with van der Waals surface area (Å²) in [7, 11) is 0. The average molecular weight is 424 g/mol. The van der Waals surface area contributed by atoms with Gasteiger partial charge in [-0.25, -0.2) is 0 Å². The molecule has 32 heavy (non-hydrogen) atoms. The van der Waals surface area contributed by atoms with E-state index < -0.39 is 0 Å². The van der Waals surface area contributed by atoms with Crippen LogP contribution in [-0.4, -0.2) is 11.8 Å². The maximum atomic E-state index is 13.4. The molecule has 2 aliphatic carbocycles. The molecule has 2 bridgehead atoms. The number of ether oxygens (including phenoxy) is 1. The van der Waals surface area contributed by atoms with Gasteiger partial charge in [0, 0.05) is 0 Å². The van der Waals surface area contributed by atoms with E-state index in [1.807, 2.05) is 61.5 Å². The molecule has 0 aromatic heterocycles. The number of benzene rings is 3. The van der Waals surface area contributed by atoms with Crippen molar-refractivity contribution in [3.8, 4) is 11.5 Å². The third kappa shape index (κ3) is 2.97. The molecule has 3 aromatic carbocycles. The number of imide groups is 1. The molecule has 5 atom stereocenters. The van der Waals surface area contributed by atoms with Crippen molar-refractivity contribution in [2.24, 2.45) is 23.7 Å². The van der Waals surface area contributed by atoms with Gasteiger partial charge in [-0.1, -0.05) is 48.0 Å². The zero-order chi connectivity index (χ0) is 21.8. The molecule has 160 valence electrons. The number of rotatable bonds is 4. The first-order valence-electron chi connectivity index (χ1n) is 11.4. The predicted octanol–water partition coefficient (Wildman–Crippen LogP) is 5.72. The van der Waals surface area contributed by atoms with Crippen molar-refractivity contribution in [3.05, 3.63) is 90.0 Å². The van der Waals surface area contributed by atoms with Gasteiger partial charge in [-0.3, -0.25) is 14.5 Å². The quantitative estimate of drug-likeness (QED) is 0.505. The Labute approximate surface area is 187 Å². The summed E-state index contributed by atoms with van der Waals surface area (Å²) in [5, 5.41) is 0. The third-order valence-corrected chi connectivity index (χ3v) is 7.59. The van der Waals surface area contributed by atoms with E-state index in [-0.39, 0.29) is 29.6 Å². The molecule has 1 aliphatic heterocycles. The number of hydrogen-bond donors (Lipinski definition) is 0. The highest BCUT2D eigenvalue weighted by molar-refractivity contribution is 6.22. The van der Waals surface area contributed by atoms with Crippen molar-refractivity contribution in [1.29, 1.82) is 0 Å². The Balaban J connectivity index is 1.23. The molecule has 4 heteroatoms. The molecule has 3 aromatic rings. The fraction of sp³-hybridized carbons (Fsp3) is 0.286. The van der Waals surface area contributed by atoms with Gasteiger partial charge in [0.15, 0.2) is 0 Å². The first-order chi connectivity index (χ1) is 15.6. The maximum Gasteiger partial charge on any atom is 0.237 e. The van der Waals surface area contributed by atoms with Gasteiger partial charge in [0.25, 0.3) is 0 Å². The Morgan fingerprint density at radius 3 is 2.06 bits per heavy atom. The molecule has 3 aliphatic rings. The smallest absolute Gasteiger partial charge is 0.237 e. The topological polar surface area (TPSA) is 46.6 Å². The lowest BCUT2D eigenvalue weighted by molar-refractivity contribution is -0.123. The number of fused-ring (bicyclic) bond motifs is 5. The molecule has 0 radical (unpaired) electrons. The number of hydrogen-bond acceptors (Lipinski definition) is 3. The van der Waals surface area contributed by atoms with Crippen LogP contribution in [0.4, 0.5) is 5.69 Å². The van der Waals surface area contributed by atoms with E-state index in [0.29, 0.717) is 23.3 Å². The monoisotopic (exact) mass is 423 g/mol. The molecule has 1 heterocycles. The van der Waals surface area contributed by atoms with Crippen LogP contribution in [0.1, 0.15) is 29.9 Å². The molecule has 0 N–H and O–H groups in total. The van der Waals surface area contributed by atoms with Gasteiger partial charge in [0.1, 0.15) is 11.5 Å². The number of anilines is 1. The molecule has 1 saturated heterocycles. The fourth-order valence-electron chi connectivity index (χ4n) is 6.20. The fourth-order valence-corrected chi connectivity index (χ4v) is 6.20. The SMILES string of the molecule is Cc1ccc(Oc2ccc(N3C(=O)C4C5CC(c6ccccc6)C(C5)C4C3=O)cc2)cc1. The number of aryl methyl sites for hydroxylation is 1. The van der Waals surface area contributed by atoms with E-state index in [2.05, 4.69) is 24.3 Å². The lowest BCUT2D eigenvalue weighted by atomic mass is 9.73. The highest BCUT2D eigenvalue weighted by Gasteiger charge is 2.64. The summed E-state index contributed by atoms with van der Waals surface area (Å²) in [6, 6.07) is 25.6. The maximum absolute atomic E-state index is 13.4. The van der Waals surface area contributed by atoms with E-state index in [9.17, 15) is 9.59 Å². The van der Waals surface area contributed by atoms with Gasteiger partial charge in [-0.05, 0) is 79.5 Å². The number of nitrogens with zero attached hydrogens (tertiary/aromatic N) is 1. The summed E-state index contributed by atoms with van der Waals surface area (Å²) in [5.41, 5.74) is 3.11. The van der Waals surface area contributed by atoms with Gasteiger partial charge >= 0.3 is 0 Å². The first-order valence-corrected chi connectivity index (χ1v) is 11.4. The van der Waals surface area contributed by atoms with Gasteiger partial charge in [0.05, 0.1) is 17.5 Å². The van der Waals surface area contributed by atoms with Gasteiger partial charge < -0.3 is 4.74 Å². The summed E-state index contributed by atoms with van der Waals surface area (Å²) in [4.78, 5) is 28.2. The Hall–Kier alpha value is -3.40. The highest BCUT2D eigenvalue weighted by Crippen LogP contribution is 2.61. The molecule has 3 fully saturated rings. The predicted molar refractivity (Wildman–Crippen MR) is 123 cm³/mol. The molecule has 4 nitrogen and oxygen atoms in total. The van der Waals surface area contributed by atoms with Crippen molar-refractivity contribution in [2.75, 3.05) is 4.90 Å². The second kappa shape index (κ2) is 7.33. The van der Waals surface area contributed by atoms with Crippen LogP contribution >= 0.6 is 0 Å². The standard InChI is InChI=1S/C28H25NO3/c1-17-7-11-21(12-8-17)32-22-13-9-20(10-14-22)29-27(30)25-19-15-23(18-5-3-2-4-6-18)24(16-19)26(25)28(29)31/h2-14,19,23-26H,15-16H2,1H3. The van der Waals surface area contributed by atoms with Crippen molar-refractivity contribution >= 4 is 17.5 Å². The summed E-state index contributed by atoms with van der Waals surface area (Å²) in [6.07, 6.45) is 2.00. The molecular formula is C28H25NO3. The molecule has 5 unspecified atom stereocenters. The molecule has 2 amide bonds. The van der Waals surface area contributed by atoms with Crippen LogP contribution in [0.2, 0.25) is 0 Å². The van der Waals surface area contributed by atoms with Gasteiger partial charge in [-0.2, -0.15) is 0 Å². The lowest BCUT2D eigenvalue weighted by Crippen LogP contribution is -2.32. The lowest BCUT2D eigenvalue weighted by Gasteiger charge is -2.28. The minimum atomic E-state index is -0.185. The Morgan fingerprint density at radius 2 is 1.38 bits per heavy atom. The zero-order valence-corrected chi connectivity index (χ0v) is 18.0. The number of carbonyl (C=O) groups excluding carboxylic acids is 2. The molecular weight excluding hydrogens is 398 g/mol. The largest absolute Gasteiger partial charge is 0.457 e. The average Bonchev–Trinajstić information content (AvgIpc) is 3.48. The van der Waals surface area contributed by atoms with Crippen LogP contribution in [0.15, 0.2) is 78.9 Å². The van der Waals surface area contributed by atoms with E-state index >= 15 is 0 Å². The van der Waals surface area contributed by atoms with Crippen LogP contribution in [0.25, 0.3) is 0 Å². The number of carbonyl (C=O) groups is 2. The Bertz CT molecular complexity index is 1170. The molecule has 0 spiro atoms. The highest BCUT2D eigenvalue weighted by atomic mass is 16.5. The normalized spacial score (nSPS) is 28.3. The summed E-state index contributed by atoms with van der Waals surface area (Å²) in [5.74, 6) is 2.00. The van der Waals surface area contributed by atoms with Crippen LogP contribution < -0.4 is 9.64 Å². The summed E-state index contributed by atoms with van der Waals surface area (Å²) in [6.45, 7) is 2.03. The van der Waals surface area contributed by atoms with E-state index in [1.54, 1.807) is 0 Å². The Morgan fingerprint density at radius 1 is 0.750 bits per heavy atom. The molecule has 2 saturated carbocycles. The van der Waals surface area contributed by atoms with Crippen LogP contribution in [0, 0.1) is 30.6 Å². The van der Waals surface area contributed by atoms with Crippen molar-refractivity contribution in [3.63, 3.8) is 0 Å². The minimum absolute atomic E-state index is 0.0220. The second-order valence-corrected chi connectivity index (χ2v) is 9.38. The van der Waals surface area contributed by atoms with Crippen molar-refractivity contribution in [1.82, 2.24) is 0 Å². The number of amides is 2.